The Hall–Kier alpha value is -1.11. The van der Waals surface area contributed by atoms with Crippen molar-refractivity contribution in [2.45, 2.75) is 32.2 Å². The quantitative estimate of drug-likeness (QED) is 0.754. The molecule has 3 atom stereocenters. The largest absolute Gasteiger partial charge is 0.416 e. The molecule has 3 unspecified atom stereocenters. The second kappa shape index (κ2) is 7.06. The van der Waals surface area contributed by atoms with Gasteiger partial charge in [-0.3, -0.25) is 0 Å². The van der Waals surface area contributed by atoms with Gasteiger partial charge < -0.3 is 15.5 Å². The lowest BCUT2D eigenvalue weighted by atomic mass is 10.0. The summed E-state index contributed by atoms with van der Waals surface area (Å²) >= 11 is 0. The van der Waals surface area contributed by atoms with Gasteiger partial charge in [0.05, 0.1) is 11.7 Å². The van der Waals surface area contributed by atoms with Crippen molar-refractivity contribution in [3.05, 3.63) is 35.4 Å². The molecule has 0 fully saturated rings. The van der Waals surface area contributed by atoms with Gasteiger partial charge in [0.25, 0.3) is 0 Å². The van der Waals surface area contributed by atoms with Crippen LogP contribution in [0, 0.1) is 5.92 Å². The molecule has 1 aromatic carbocycles. The van der Waals surface area contributed by atoms with Crippen LogP contribution in [-0.4, -0.2) is 29.4 Å². The monoisotopic (exact) mass is 291 g/mol. The molecule has 1 aromatic rings. The molecule has 0 aliphatic carbocycles. The topological polar surface area (TPSA) is 52.5 Å². The van der Waals surface area contributed by atoms with E-state index in [-0.39, 0.29) is 30.7 Å². The number of nitrogens with one attached hydrogen (secondary N) is 1. The number of aliphatic hydroxyl groups is 2. The lowest BCUT2D eigenvalue weighted by Gasteiger charge is -2.21. The molecule has 0 aromatic heterocycles. The minimum Gasteiger partial charge on any atom is -0.396 e. The number of hydrogen-bond acceptors (Lipinski definition) is 3. The van der Waals surface area contributed by atoms with E-state index in [1.54, 1.807) is 0 Å². The number of benzene rings is 1. The van der Waals surface area contributed by atoms with Crippen molar-refractivity contribution < 1.29 is 23.4 Å². The summed E-state index contributed by atoms with van der Waals surface area (Å²) in [5, 5.41) is 21.9. The van der Waals surface area contributed by atoms with E-state index < -0.39 is 17.8 Å². The second-order valence-electron chi connectivity index (χ2n) is 5.00. The molecular formula is C14H20F3NO2. The molecule has 0 bridgehead atoms. The van der Waals surface area contributed by atoms with Gasteiger partial charge in [-0.25, -0.2) is 0 Å². The Kier molecular flexibility index (Phi) is 5.98. The molecule has 0 saturated heterocycles. The van der Waals surface area contributed by atoms with Gasteiger partial charge in [0.15, 0.2) is 0 Å². The summed E-state index contributed by atoms with van der Waals surface area (Å²) in [6, 6.07) is 4.62. The molecule has 20 heavy (non-hydrogen) atoms. The molecular weight excluding hydrogens is 271 g/mol. The van der Waals surface area contributed by atoms with E-state index >= 15 is 0 Å². The predicted octanol–water partition coefficient (Wildman–Crippen LogP) is 2.35. The molecule has 3 nitrogen and oxygen atoms in total. The van der Waals surface area contributed by atoms with E-state index in [4.69, 9.17) is 5.11 Å². The maximum Gasteiger partial charge on any atom is 0.416 e. The van der Waals surface area contributed by atoms with Crippen LogP contribution in [0.4, 0.5) is 13.2 Å². The molecule has 0 aliphatic heterocycles. The lowest BCUT2D eigenvalue weighted by Crippen LogP contribution is -2.36. The minimum absolute atomic E-state index is 0.00343. The average molecular weight is 291 g/mol. The highest BCUT2D eigenvalue weighted by Gasteiger charge is 2.30. The maximum atomic E-state index is 12.6. The van der Waals surface area contributed by atoms with E-state index in [1.807, 2.05) is 13.8 Å². The Bertz CT molecular complexity index is 423. The number of aliphatic hydroxyl groups excluding tert-OH is 2. The summed E-state index contributed by atoms with van der Waals surface area (Å²) in [4.78, 5) is 0. The summed E-state index contributed by atoms with van der Waals surface area (Å²) < 4.78 is 37.7. The summed E-state index contributed by atoms with van der Waals surface area (Å²) in [5.41, 5.74) is -0.554. The zero-order valence-electron chi connectivity index (χ0n) is 11.5. The third-order valence-electron chi connectivity index (χ3n) is 3.37. The van der Waals surface area contributed by atoms with Crippen molar-refractivity contribution >= 4 is 0 Å². The molecule has 0 spiro atoms. The van der Waals surface area contributed by atoms with Crippen LogP contribution in [0.25, 0.3) is 0 Å². The van der Waals surface area contributed by atoms with E-state index in [9.17, 15) is 18.3 Å². The third kappa shape index (κ3) is 4.77. The standard InChI is InChI=1S/C14H20F3NO2/c1-9(8-19)10(2)18-7-13(20)11-4-3-5-12(6-11)14(15,16)17/h3-6,9-10,13,18-20H,7-8H2,1-2H3. The first kappa shape index (κ1) is 16.9. The second-order valence-corrected chi connectivity index (χ2v) is 5.00. The zero-order valence-corrected chi connectivity index (χ0v) is 11.5. The highest BCUT2D eigenvalue weighted by atomic mass is 19.4. The van der Waals surface area contributed by atoms with Crippen molar-refractivity contribution in [3.63, 3.8) is 0 Å². The van der Waals surface area contributed by atoms with Crippen LogP contribution in [0.3, 0.4) is 0 Å². The van der Waals surface area contributed by atoms with Crippen molar-refractivity contribution in [1.29, 1.82) is 0 Å². The fourth-order valence-electron chi connectivity index (χ4n) is 1.70. The normalized spacial score (nSPS) is 16.8. The van der Waals surface area contributed by atoms with Gasteiger partial charge in [0.1, 0.15) is 0 Å². The van der Waals surface area contributed by atoms with Crippen LogP contribution < -0.4 is 5.32 Å². The first-order valence-corrected chi connectivity index (χ1v) is 6.45. The summed E-state index contributed by atoms with van der Waals surface area (Å²) in [5.74, 6) is 0.00343. The Morgan fingerprint density at radius 2 is 1.90 bits per heavy atom. The number of halogens is 3. The fraction of sp³-hybridized carbons (Fsp3) is 0.571. The van der Waals surface area contributed by atoms with Crippen LogP contribution >= 0.6 is 0 Å². The Labute approximate surface area is 116 Å². The molecule has 0 saturated carbocycles. The SMILES string of the molecule is CC(CO)C(C)NCC(O)c1cccc(C(F)(F)F)c1. The molecule has 0 radical (unpaired) electrons. The summed E-state index contributed by atoms with van der Waals surface area (Å²) in [7, 11) is 0. The smallest absolute Gasteiger partial charge is 0.396 e. The Balaban J connectivity index is 2.66. The van der Waals surface area contributed by atoms with E-state index in [2.05, 4.69) is 5.32 Å². The van der Waals surface area contributed by atoms with Gasteiger partial charge in [-0.15, -0.1) is 0 Å². The van der Waals surface area contributed by atoms with Gasteiger partial charge in [0, 0.05) is 19.2 Å². The van der Waals surface area contributed by atoms with Gasteiger partial charge >= 0.3 is 6.18 Å². The number of hydrogen-bond donors (Lipinski definition) is 3. The van der Waals surface area contributed by atoms with Gasteiger partial charge in [0.2, 0.25) is 0 Å². The first-order valence-electron chi connectivity index (χ1n) is 6.45. The van der Waals surface area contributed by atoms with Crippen LogP contribution in [0.15, 0.2) is 24.3 Å². The maximum absolute atomic E-state index is 12.6. The fourth-order valence-corrected chi connectivity index (χ4v) is 1.70. The molecule has 0 aliphatic rings. The highest BCUT2D eigenvalue weighted by Crippen LogP contribution is 2.30. The van der Waals surface area contributed by atoms with Crippen LogP contribution in [0.1, 0.15) is 31.1 Å². The molecule has 6 heteroatoms. The lowest BCUT2D eigenvalue weighted by molar-refractivity contribution is -0.137. The molecule has 114 valence electrons. The van der Waals surface area contributed by atoms with E-state index in [1.165, 1.54) is 12.1 Å². The van der Waals surface area contributed by atoms with Crippen LogP contribution in [0.5, 0.6) is 0 Å². The van der Waals surface area contributed by atoms with Crippen molar-refractivity contribution in [1.82, 2.24) is 5.32 Å². The highest BCUT2D eigenvalue weighted by molar-refractivity contribution is 5.27. The molecule has 1 rings (SSSR count). The molecule has 3 N–H and O–H groups in total. The minimum atomic E-state index is -4.41. The van der Waals surface area contributed by atoms with Crippen LogP contribution in [-0.2, 0) is 6.18 Å². The average Bonchev–Trinajstić information content (AvgIpc) is 2.42. The van der Waals surface area contributed by atoms with Crippen molar-refractivity contribution in [3.8, 4) is 0 Å². The van der Waals surface area contributed by atoms with E-state index in [0.29, 0.717) is 0 Å². The van der Waals surface area contributed by atoms with Crippen LogP contribution in [0.2, 0.25) is 0 Å². The van der Waals surface area contributed by atoms with Gasteiger partial charge in [-0.05, 0) is 30.5 Å². The number of alkyl halides is 3. The Morgan fingerprint density at radius 1 is 1.25 bits per heavy atom. The van der Waals surface area contributed by atoms with E-state index in [0.717, 1.165) is 12.1 Å². The summed E-state index contributed by atoms with van der Waals surface area (Å²) in [6.07, 6.45) is -5.44. The summed E-state index contributed by atoms with van der Waals surface area (Å²) in [6.45, 7) is 3.83. The molecule has 0 heterocycles. The van der Waals surface area contributed by atoms with Crippen molar-refractivity contribution in [2.75, 3.05) is 13.2 Å². The predicted molar refractivity (Wildman–Crippen MR) is 70.1 cm³/mol. The van der Waals surface area contributed by atoms with Gasteiger partial charge in [-0.2, -0.15) is 13.2 Å². The van der Waals surface area contributed by atoms with Crippen molar-refractivity contribution in [2.24, 2.45) is 5.92 Å². The first-order chi connectivity index (χ1) is 9.25. The molecule has 0 amide bonds. The third-order valence-corrected chi connectivity index (χ3v) is 3.37. The Morgan fingerprint density at radius 3 is 2.45 bits per heavy atom. The number of rotatable bonds is 6. The van der Waals surface area contributed by atoms with Gasteiger partial charge in [-0.1, -0.05) is 19.1 Å². The zero-order chi connectivity index (χ0) is 15.3.